The molecule has 0 bridgehead atoms. The number of carbonyl (C=O) groups is 2. The number of esters is 1. The summed E-state index contributed by atoms with van der Waals surface area (Å²) in [7, 11) is 0. The molecule has 1 aliphatic rings. The Hall–Kier alpha value is -1.49. The van der Waals surface area contributed by atoms with Crippen molar-refractivity contribution >= 4 is 33.8 Å². The van der Waals surface area contributed by atoms with Crippen LogP contribution in [-0.4, -0.2) is 17.9 Å². The molecule has 0 heterocycles. The molecule has 0 unspecified atom stereocenters. The average molecular weight is 327 g/mol. The second-order valence-corrected chi connectivity index (χ2v) is 5.20. The van der Waals surface area contributed by atoms with Gasteiger partial charge in [-0.05, 0) is 37.1 Å². The Labute approximate surface area is 118 Å². The minimum Gasteiger partial charge on any atom is -0.451 e. The van der Waals surface area contributed by atoms with Crippen molar-refractivity contribution in [1.29, 1.82) is 0 Å². The number of hydrogen-bond donors (Lipinski definition) is 0. The molecule has 5 heteroatoms. The van der Waals surface area contributed by atoms with Gasteiger partial charge in [-0.25, -0.2) is 9.18 Å². The maximum absolute atomic E-state index is 13.4. The van der Waals surface area contributed by atoms with E-state index in [0.29, 0.717) is 17.3 Å². The second kappa shape index (κ2) is 6.10. The molecular formula is C14H12BrFO3. The highest BCUT2D eigenvalue weighted by atomic mass is 79.9. The van der Waals surface area contributed by atoms with Crippen molar-refractivity contribution in [1.82, 2.24) is 0 Å². The lowest BCUT2D eigenvalue weighted by Crippen LogP contribution is -2.20. The van der Waals surface area contributed by atoms with Gasteiger partial charge in [0.2, 0.25) is 0 Å². The van der Waals surface area contributed by atoms with Crippen LogP contribution in [0.5, 0.6) is 0 Å². The van der Waals surface area contributed by atoms with E-state index in [9.17, 15) is 14.0 Å². The third-order valence-corrected chi connectivity index (χ3v) is 3.36. The van der Waals surface area contributed by atoms with E-state index in [2.05, 4.69) is 15.9 Å². The summed E-state index contributed by atoms with van der Waals surface area (Å²) in [6.07, 6.45) is 3.62. The van der Waals surface area contributed by atoms with Gasteiger partial charge in [0.25, 0.3) is 0 Å². The number of halogens is 2. The second-order valence-electron chi connectivity index (χ2n) is 4.28. The topological polar surface area (TPSA) is 43.4 Å². The van der Waals surface area contributed by atoms with Crippen LogP contribution in [0.15, 0.2) is 28.7 Å². The van der Waals surface area contributed by atoms with Crippen LogP contribution in [-0.2, 0) is 14.3 Å². The molecule has 0 amide bonds. The van der Waals surface area contributed by atoms with Gasteiger partial charge in [-0.3, -0.25) is 4.79 Å². The Morgan fingerprint density at radius 3 is 2.95 bits per heavy atom. The molecule has 0 N–H and O–H groups in total. The molecule has 1 aliphatic carbocycles. The highest BCUT2D eigenvalue weighted by molar-refractivity contribution is 9.10. The Morgan fingerprint density at radius 2 is 2.26 bits per heavy atom. The first-order valence-corrected chi connectivity index (χ1v) is 6.72. The number of hydrogen-bond acceptors (Lipinski definition) is 3. The zero-order valence-electron chi connectivity index (χ0n) is 10.1. The molecule has 19 heavy (non-hydrogen) atoms. The molecule has 1 aromatic carbocycles. The highest BCUT2D eigenvalue weighted by Gasteiger charge is 2.27. The zero-order valence-corrected chi connectivity index (χ0v) is 11.7. The first kappa shape index (κ1) is 13.9. The lowest BCUT2D eigenvalue weighted by Gasteiger charge is -2.07. The summed E-state index contributed by atoms with van der Waals surface area (Å²) in [5.74, 6) is -1.10. The molecule has 100 valence electrons. The van der Waals surface area contributed by atoms with E-state index < -0.39 is 17.9 Å². The molecule has 0 radical (unpaired) electrons. The molecule has 0 spiro atoms. The maximum atomic E-state index is 13.4. The number of benzene rings is 1. The van der Waals surface area contributed by atoms with Crippen LogP contribution in [0.25, 0.3) is 6.08 Å². The Bertz CT molecular complexity index is 539. The van der Waals surface area contributed by atoms with Crippen molar-refractivity contribution in [3.8, 4) is 0 Å². The van der Waals surface area contributed by atoms with Gasteiger partial charge in [0, 0.05) is 22.5 Å². The minimum absolute atomic E-state index is 0.0459. The number of ether oxygens (including phenoxy) is 1. The van der Waals surface area contributed by atoms with Gasteiger partial charge in [-0.2, -0.15) is 0 Å². The molecule has 3 nitrogen and oxygen atoms in total. The van der Waals surface area contributed by atoms with E-state index in [1.807, 2.05) is 0 Å². The van der Waals surface area contributed by atoms with Crippen LogP contribution < -0.4 is 0 Å². The molecule has 0 saturated heterocycles. The first-order chi connectivity index (χ1) is 9.06. The summed E-state index contributed by atoms with van der Waals surface area (Å²) >= 11 is 3.22. The standard InChI is InChI=1S/C14H12BrFO3/c15-10-5-6-11(16)9(8-10)4-7-14(18)19-13-3-1-2-12(13)17/h4-8,13H,1-3H2/b7-4+/t13-/m1/s1. The number of ketones is 1. The van der Waals surface area contributed by atoms with Crippen molar-refractivity contribution in [3.63, 3.8) is 0 Å². The van der Waals surface area contributed by atoms with Crippen molar-refractivity contribution in [2.24, 2.45) is 0 Å². The summed E-state index contributed by atoms with van der Waals surface area (Å²) in [4.78, 5) is 22.8. The normalized spacial score (nSPS) is 19.1. The predicted octanol–water partition coefficient (Wildman–Crippen LogP) is 3.27. The summed E-state index contributed by atoms with van der Waals surface area (Å²) in [5.41, 5.74) is 0.282. The molecule has 1 aromatic rings. The zero-order chi connectivity index (χ0) is 13.8. The number of rotatable bonds is 3. The smallest absolute Gasteiger partial charge is 0.331 e. The fraction of sp³-hybridized carbons (Fsp3) is 0.286. The average Bonchev–Trinajstić information content (AvgIpc) is 2.76. The lowest BCUT2D eigenvalue weighted by molar-refractivity contribution is -0.148. The summed E-state index contributed by atoms with van der Waals surface area (Å²) in [6, 6.07) is 4.43. The van der Waals surface area contributed by atoms with Crippen LogP contribution in [0.3, 0.4) is 0 Å². The van der Waals surface area contributed by atoms with Crippen molar-refractivity contribution in [2.75, 3.05) is 0 Å². The third kappa shape index (κ3) is 3.73. The maximum Gasteiger partial charge on any atom is 0.331 e. The molecule has 0 aliphatic heterocycles. The summed E-state index contributed by atoms with van der Waals surface area (Å²) in [6.45, 7) is 0. The number of carbonyl (C=O) groups excluding carboxylic acids is 2. The van der Waals surface area contributed by atoms with Gasteiger partial charge < -0.3 is 4.74 Å². The summed E-state index contributed by atoms with van der Waals surface area (Å²) < 4.78 is 19.1. The molecule has 1 fully saturated rings. The van der Waals surface area contributed by atoms with E-state index >= 15 is 0 Å². The van der Waals surface area contributed by atoms with Gasteiger partial charge in [-0.15, -0.1) is 0 Å². The number of Topliss-reactive ketones (excluding diaryl/α,β-unsaturated/α-hetero) is 1. The van der Waals surface area contributed by atoms with Crippen molar-refractivity contribution in [2.45, 2.75) is 25.4 Å². The molecule has 1 saturated carbocycles. The fourth-order valence-electron chi connectivity index (χ4n) is 1.89. The van der Waals surface area contributed by atoms with E-state index in [1.165, 1.54) is 12.1 Å². The monoisotopic (exact) mass is 326 g/mol. The Balaban J connectivity index is 2.00. The fourth-order valence-corrected chi connectivity index (χ4v) is 2.27. The van der Waals surface area contributed by atoms with Gasteiger partial charge >= 0.3 is 5.97 Å². The van der Waals surface area contributed by atoms with Crippen LogP contribution >= 0.6 is 15.9 Å². The van der Waals surface area contributed by atoms with Crippen molar-refractivity contribution in [3.05, 3.63) is 40.1 Å². The van der Waals surface area contributed by atoms with Gasteiger partial charge in [0.15, 0.2) is 11.9 Å². The molecule has 0 aromatic heterocycles. The van der Waals surface area contributed by atoms with Crippen LogP contribution in [0.2, 0.25) is 0 Å². The SMILES string of the molecule is O=C(/C=C/c1cc(Br)ccc1F)O[C@@H]1CCCC1=O. The van der Waals surface area contributed by atoms with E-state index in [1.54, 1.807) is 12.1 Å². The third-order valence-electron chi connectivity index (χ3n) is 2.86. The lowest BCUT2D eigenvalue weighted by atomic mass is 10.2. The minimum atomic E-state index is -0.635. The Morgan fingerprint density at radius 1 is 1.47 bits per heavy atom. The molecular weight excluding hydrogens is 315 g/mol. The Kier molecular flexibility index (Phi) is 4.47. The summed E-state index contributed by atoms with van der Waals surface area (Å²) in [5, 5.41) is 0. The largest absolute Gasteiger partial charge is 0.451 e. The van der Waals surface area contributed by atoms with E-state index in [4.69, 9.17) is 4.74 Å². The van der Waals surface area contributed by atoms with Gasteiger partial charge in [0.05, 0.1) is 0 Å². The van der Waals surface area contributed by atoms with Crippen LogP contribution in [0.1, 0.15) is 24.8 Å². The van der Waals surface area contributed by atoms with Gasteiger partial charge in [0.1, 0.15) is 5.82 Å². The quantitative estimate of drug-likeness (QED) is 0.632. The molecule has 2 rings (SSSR count). The molecule has 1 atom stereocenters. The predicted molar refractivity (Wildman–Crippen MR) is 71.9 cm³/mol. The van der Waals surface area contributed by atoms with Crippen LogP contribution in [0.4, 0.5) is 4.39 Å². The first-order valence-electron chi connectivity index (χ1n) is 5.93. The van der Waals surface area contributed by atoms with Crippen molar-refractivity contribution < 1.29 is 18.7 Å². The van der Waals surface area contributed by atoms with Gasteiger partial charge in [-0.1, -0.05) is 15.9 Å². The van der Waals surface area contributed by atoms with E-state index in [0.717, 1.165) is 12.5 Å². The van der Waals surface area contributed by atoms with Crippen LogP contribution in [0, 0.1) is 5.82 Å². The van der Waals surface area contributed by atoms with E-state index in [-0.39, 0.29) is 11.3 Å². The highest BCUT2D eigenvalue weighted by Crippen LogP contribution is 2.19.